The molecule has 35 heavy (non-hydrogen) atoms. The van der Waals surface area contributed by atoms with Gasteiger partial charge in [-0.3, -0.25) is 4.79 Å². The number of rotatable bonds is 5. The summed E-state index contributed by atoms with van der Waals surface area (Å²) in [5.74, 6) is 0.101. The highest BCUT2D eigenvalue weighted by Crippen LogP contribution is 2.35. The van der Waals surface area contributed by atoms with Crippen LogP contribution in [0.4, 0.5) is 22.0 Å². The van der Waals surface area contributed by atoms with E-state index in [1.54, 1.807) is 24.3 Å². The van der Waals surface area contributed by atoms with Crippen LogP contribution >= 0.6 is 0 Å². The Hall–Kier alpha value is -4.20. The molecule has 2 aromatic carbocycles. The van der Waals surface area contributed by atoms with Crippen molar-refractivity contribution in [1.29, 1.82) is 0 Å². The third kappa shape index (κ3) is 4.47. The molecule has 0 aliphatic heterocycles. The van der Waals surface area contributed by atoms with Crippen LogP contribution in [-0.2, 0) is 0 Å². The molecule has 4 aromatic rings. The number of hydrogen-bond acceptors (Lipinski definition) is 5. The second kappa shape index (κ2) is 9.21. The summed E-state index contributed by atoms with van der Waals surface area (Å²) < 4.78 is 2.08. The Labute approximate surface area is 203 Å². The summed E-state index contributed by atoms with van der Waals surface area (Å²) in [6, 6.07) is 12.7. The molecule has 2 heterocycles. The molecule has 2 aromatic heterocycles. The maximum atomic E-state index is 13.6. The molecule has 0 bridgehead atoms. The van der Waals surface area contributed by atoms with Crippen LogP contribution in [0.5, 0.6) is 0 Å². The minimum atomic E-state index is -0.376. The van der Waals surface area contributed by atoms with E-state index in [-0.39, 0.29) is 17.6 Å². The molecule has 1 fully saturated rings. The molecule has 0 atom stereocenters. The van der Waals surface area contributed by atoms with Gasteiger partial charge in [-0.15, -0.1) is 0 Å². The number of nitrogens with two attached hydrogens (primary N) is 1. The molecular formula is C27H28N6O2. The van der Waals surface area contributed by atoms with E-state index in [0.717, 1.165) is 42.5 Å². The number of carbonyl (C=O) groups excluding carboxylic acids is 2. The first-order valence-electron chi connectivity index (χ1n) is 11.8. The van der Waals surface area contributed by atoms with Gasteiger partial charge in [-0.1, -0.05) is 37.1 Å². The molecule has 178 valence electrons. The van der Waals surface area contributed by atoms with Crippen LogP contribution in [0.25, 0.3) is 11.0 Å². The number of ketones is 1. The smallest absolute Gasteiger partial charge is 0.323 e. The quantitative estimate of drug-likeness (QED) is 0.329. The van der Waals surface area contributed by atoms with Crippen LogP contribution in [-0.4, -0.2) is 26.3 Å². The molecular weight excluding hydrogens is 440 g/mol. The van der Waals surface area contributed by atoms with Gasteiger partial charge in [0.1, 0.15) is 17.8 Å². The Kier molecular flexibility index (Phi) is 5.94. The van der Waals surface area contributed by atoms with Crippen LogP contribution in [0.2, 0.25) is 0 Å². The molecule has 8 heteroatoms. The van der Waals surface area contributed by atoms with Crippen molar-refractivity contribution < 1.29 is 9.59 Å². The maximum Gasteiger partial charge on any atom is 0.323 e. The fraction of sp³-hybridized carbons (Fsp3) is 0.259. The van der Waals surface area contributed by atoms with Crippen LogP contribution in [0.15, 0.2) is 55.0 Å². The second-order valence-corrected chi connectivity index (χ2v) is 9.15. The zero-order chi connectivity index (χ0) is 24.5. The minimum absolute atomic E-state index is 0.188. The van der Waals surface area contributed by atoms with Gasteiger partial charge in [0.15, 0.2) is 5.78 Å². The minimum Gasteiger partial charge on any atom is -0.383 e. The molecule has 8 nitrogen and oxygen atoms in total. The van der Waals surface area contributed by atoms with Gasteiger partial charge in [-0.25, -0.2) is 14.8 Å². The monoisotopic (exact) mass is 468 g/mol. The number of fused-ring (bicyclic) bond motifs is 1. The van der Waals surface area contributed by atoms with Crippen LogP contribution in [0.1, 0.15) is 58.8 Å². The molecule has 0 saturated heterocycles. The Morgan fingerprint density at radius 1 is 1.03 bits per heavy atom. The first-order chi connectivity index (χ1) is 16.9. The second-order valence-electron chi connectivity index (χ2n) is 9.15. The SMILES string of the molecule is Cc1ccc(C)c(NC(=O)Nc2cccc(C(=O)c3cn(C4CCCC4)c4ncnc(N)c34)c2)c1. The van der Waals surface area contributed by atoms with Crippen molar-refractivity contribution in [1.82, 2.24) is 14.5 Å². The number of amides is 2. The summed E-state index contributed by atoms with van der Waals surface area (Å²) in [7, 11) is 0. The molecule has 1 aliphatic carbocycles. The first kappa shape index (κ1) is 22.6. The Bertz CT molecular complexity index is 1440. The number of nitrogen functional groups attached to an aromatic ring is 1. The maximum absolute atomic E-state index is 13.6. The van der Waals surface area contributed by atoms with Gasteiger partial charge in [0.05, 0.1) is 10.9 Å². The van der Waals surface area contributed by atoms with Gasteiger partial charge >= 0.3 is 6.03 Å². The van der Waals surface area contributed by atoms with Crippen LogP contribution < -0.4 is 16.4 Å². The van der Waals surface area contributed by atoms with E-state index in [0.29, 0.717) is 33.9 Å². The number of aromatic nitrogens is 3. The lowest BCUT2D eigenvalue weighted by molar-refractivity contribution is 0.104. The molecule has 0 radical (unpaired) electrons. The highest BCUT2D eigenvalue weighted by molar-refractivity contribution is 6.18. The van der Waals surface area contributed by atoms with Crippen molar-refractivity contribution in [3.8, 4) is 0 Å². The molecule has 1 saturated carbocycles. The number of aryl methyl sites for hydroxylation is 2. The molecule has 0 spiro atoms. The summed E-state index contributed by atoms with van der Waals surface area (Å²) >= 11 is 0. The lowest BCUT2D eigenvalue weighted by atomic mass is 10.0. The number of anilines is 3. The fourth-order valence-electron chi connectivity index (χ4n) is 4.79. The topological polar surface area (TPSA) is 115 Å². The largest absolute Gasteiger partial charge is 0.383 e. The highest BCUT2D eigenvalue weighted by atomic mass is 16.2. The van der Waals surface area contributed by atoms with Crippen molar-refractivity contribution in [2.75, 3.05) is 16.4 Å². The van der Waals surface area contributed by atoms with Gasteiger partial charge in [-0.05, 0) is 56.0 Å². The number of urea groups is 1. The van der Waals surface area contributed by atoms with E-state index < -0.39 is 0 Å². The van der Waals surface area contributed by atoms with Crippen molar-refractivity contribution >= 4 is 40.0 Å². The van der Waals surface area contributed by atoms with Gasteiger partial charge in [0.2, 0.25) is 0 Å². The Balaban J connectivity index is 1.42. The lowest BCUT2D eigenvalue weighted by Gasteiger charge is -2.12. The van der Waals surface area contributed by atoms with Crippen molar-refractivity contribution in [3.63, 3.8) is 0 Å². The molecule has 1 aliphatic rings. The average molecular weight is 469 g/mol. The molecule has 5 rings (SSSR count). The van der Waals surface area contributed by atoms with E-state index in [1.807, 2.05) is 38.2 Å². The molecule has 2 amide bonds. The normalized spacial score (nSPS) is 13.8. The van der Waals surface area contributed by atoms with Crippen LogP contribution in [0, 0.1) is 13.8 Å². The van der Waals surface area contributed by atoms with Gasteiger partial charge < -0.3 is 20.9 Å². The number of benzene rings is 2. The third-order valence-corrected chi connectivity index (χ3v) is 6.63. The predicted molar refractivity (Wildman–Crippen MR) is 138 cm³/mol. The summed E-state index contributed by atoms with van der Waals surface area (Å²) in [5.41, 5.74) is 11.1. The van der Waals surface area contributed by atoms with E-state index in [2.05, 4.69) is 25.2 Å². The van der Waals surface area contributed by atoms with E-state index in [4.69, 9.17) is 5.73 Å². The zero-order valence-electron chi connectivity index (χ0n) is 19.8. The summed E-state index contributed by atoms with van der Waals surface area (Å²) in [5, 5.41) is 6.28. The standard InChI is InChI=1S/C27H28N6O2/c1-16-10-11-17(2)22(12-16)32-27(35)31-19-7-5-6-18(13-19)24(34)21-14-33(20-8-3-4-9-20)26-23(21)25(28)29-15-30-26/h5-7,10-15,20H,3-4,8-9H2,1-2H3,(H2,28,29,30)(H2,31,32,35). The highest BCUT2D eigenvalue weighted by Gasteiger charge is 2.25. The summed E-state index contributed by atoms with van der Waals surface area (Å²) in [4.78, 5) is 34.8. The number of nitrogens with one attached hydrogen (secondary N) is 2. The van der Waals surface area contributed by atoms with Crippen molar-refractivity contribution in [2.24, 2.45) is 0 Å². The Morgan fingerprint density at radius 3 is 2.63 bits per heavy atom. The molecule has 4 N–H and O–H groups in total. The van der Waals surface area contributed by atoms with E-state index in [1.165, 1.54) is 6.33 Å². The van der Waals surface area contributed by atoms with E-state index in [9.17, 15) is 9.59 Å². The third-order valence-electron chi connectivity index (χ3n) is 6.63. The van der Waals surface area contributed by atoms with E-state index >= 15 is 0 Å². The van der Waals surface area contributed by atoms with Crippen LogP contribution in [0.3, 0.4) is 0 Å². The van der Waals surface area contributed by atoms with Gasteiger partial charge in [-0.2, -0.15) is 0 Å². The number of nitrogens with zero attached hydrogens (tertiary/aromatic N) is 3. The number of hydrogen-bond donors (Lipinski definition) is 3. The Morgan fingerprint density at radius 2 is 1.83 bits per heavy atom. The summed E-state index contributed by atoms with van der Waals surface area (Å²) in [6.07, 6.45) is 7.72. The van der Waals surface area contributed by atoms with Crippen molar-refractivity contribution in [3.05, 3.63) is 77.2 Å². The average Bonchev–Trinajstić information content (AvgIpc) is 3.50. The summed E-state index contributed by atoms with van der Waals surface area (Å²) in [6.45, 7) is 3.91. The zero-order valence-corrected chi connectivity index (χ0v) is 19.8. The van der Waals surface area contributed by atoms with Crippen molar-refractivity contribution in [2.45, 2.75) is 45.6 Å². The lowest BCUT2D eigenvalue weighted by Crippen LogP contribution is -2.20. The number of carbonyl (C=O) groups is 2. The predicted octanol–water partition coefficient (Wildman–Crippen LogP) is 5.62. The first-order valence-corrected chi connectivity index (χ1v) is 11.8. The fourth-order valence-corrected chi connectivity index (χ4v) is 4.79. The molecule has 0 unspecified atom stereocenters. The van der Waals surface area contributed by atoms with Gasteiger partial charge in [0, 0.05) is 29.2 Å². The van der Waals surface area contributed by atoms with Gasteiger partial charge in [0.25, 0.3) is 0 Å².